The van der Waals surface area contributed by atoms with Gasteiger partial charge in [0.05, 0.1) is 37.0 Å². The number of benzene rings is 2. The minimum Gasteiger partial charge on any atom is -0.496 e. The van der Waals surface area contributed by atoms with Crippen molar-refractivity contribution in [3.63, 3.8) is 0 Å². The van der Waals surface area contributed by atoms with Crippen LogP contribution in [0.4, 0.5) is 0 Å². The summed E-state index contributed by atoms with van der Waals surface area (Å²) in [5.74, 6) is 1.08. The summed E-state index contributed by atoms with van der Waals surface area (Å²) in [7, 11) is 1.69. The molecule has 4 nitrogen and oxygen atoms in total. The Labute approximate surface area is 154 Å². The molecule has 2 fully saturated rings. The minimum absolute atomic E-state index is 0.196. The first kappa shape index (κ1) is 17.1. The molecule has 2 aromatic rings. The molecule has 2 heterocycles. The van der Waals surface area contributed by atoms with E-state index in [0.29, 0.717) is 12.2 Å². The van der Waals surface area contributed by atoms with Gasteiger partial charge in [0.2, 0.25) is 0 Å². The molecule has 2 aliphatic heterocycles. The van der Waals surface area contributed by atoms with Gasteiger partial charge in [-0.05, 0) is 49.6 Å². The molecule has 0 aromatic heterocycles. The van der Waals surface area contributed by atoms with E-state index in [-0.39, 0.29) is 17.6 Å². The van der Waals surface area contributed by atoms with Gasteiger partial charge >= 0.3 is 0 Å². The Morgan fingerprint density at radius 3 is 2.85 bits per heavy atom. The lowest BCUT2D eigenvalue weighted by atomic mass is 9.76. The van der Waals surface area contributed by atoms with Gasteiger partial charge in [-0.15, -0.1) is 0 Å². The molecule has 134 valence electrons. The Bertz CT molecular complexity index is 815. The van der Waals surface area contributed by atoms with Gasteiger partial charge in [-0.3, -0.25) is 0 Å². The third kappa shape index (κ3) is 2.98. The Morgan fingerprint density at radius 2 is 2.08 bits per heavy atom. The lowest BCUT2D eigenvalue weighted by Crippen LogP contribution is -2.48. The number of ether oxygens (including phenoxy) is 2. The SMILES string of the molecule is COc1ccc(C#N)cc1[C@H]1CO[C@]2(CCCN[C@H]2c2ccccc2)C1. The first-order valence-electron chi connectivity index (χ1n) is 9.26. The standard InChI is InChI=1S/C22H24N2O2/c1-25-20-9-8-16(14-23)12-19(20)18-13-22(26-15-18)10-5-11-24-21(22)17-6-3-2-4-7-17/h2-4,6-9,12,18,21,24H,5,10-11,13,15H2,1H3/t18-,21+,22-/m1/s1. The number of nitrogens with zero attached hydrogens (tertiary/aromatic N) is 1. The molecule has 0 radical (unpaired) electrons. The second kappa shape index (κ2) is 7.11. The number of piperidine rings is 1. The molecular weight excluding hydrogens is 324 g/mol. The van der Waals surface area contributed by atoms with E-state index in [1.165, 1.54) is 5.56 Å². The number of nitriles is 1. The van der Waals surface area contributed by atoms with Crippen molar-refractivity contribution in [1.82, 2.24) is 5.32 Å². The third-order valence-corrected chi connectivity index (χ3v) is 5.75. The Hall–Kier alpha value is -2.35. The quantitative estimate of drug-likeness (QED) is 0.913. The van der Waals surface area contributed by atoms with Crippen molar-refractivity contribution < 1.29 is 9.47 Å². The van der Waals surface area contributed by atoms with Crippen LogP contribution in [0.2, 0.25) is 0 Å². The van der Waals surface area contributed by atoms with Crippen LogP contribution >= 0.6 is 0 Å². The monoisotopic (exact) mass is 348 g/mol. The van der Waals surface area contributed by atoms with Crippen LogP contribution in [-0.2, 0) is 4.74 Å². The van der Waals surface area contributed by atoms with E-state index < -0.39 is 0 Å². The van der Waals surface area contributed by atoms with Crippen LogP contribution in [0.3, 0.4) is 0 Å². The first-order valence-corrected chi connectivity index (χ1v) is 9.26. The van der Waals surface area contributed by atoms with Gasteiger partial charge in [0.25, 0.3) is 0 Å². The molecule has 0 saturated carbocycles. The van der Waals surface area contributed by atoms with Crippen molar-refractivity contribution in [2.45, 2.75) is 36.8 Å². The van der Waals surface area contributed by atoms with Crippen molar-refractivity contribution >= 4 is 0 Å². The number of hydrogen-bond donors (Lipinski definition) is 1. The molecule has 26 heavy (non-hydrogen) atoms. The van der Waals surface area contributed by atoms with Crippen LogP contribution in [-0.4, -0.2) is 25.9 Å². The summed E-state index contributed by atoms with van der Waals surface area (Å²) < 4.78 is 12.1. The van der Waals surface area contributed by atoms with Crippen molar-refractivity contribution in [2.24, 2.45) is 0 Å². The molecule has 0 bridgehead atoms. The maximum absolute atomic E-state index is 9.27. The number of methoxy groups -OCH3 is 1. The summed E-state index contributed by atoms with van der Waals surface area (Å²) in [5.41, 5.74) is 2.84. The highest BCUT2D eigenvalue weighted by Crippen LogP contribution is 2.49. The molecule has 2 aromatic carbocycles. The zero-order chi connectivity index (χ0) is 18.0. The van der Waals surface area contributed by atoms with E-state index in [4.69, 9.17) is 9.47 Å². The third-order valence-electron chi connectivity index (χ3n) is 5.75. The van der Waals surface area contributed by atoms with Gasteiger partial charge in [0.15, 0.2) is 0 Å². The maximum Gasteiger partial charge on any atom is 0.122 e. The van der Waals surface area contributed by atoms with Crippen molar-refractivity contribution in [3.05, 3.63) is 65.2 Å². The van der Waals surface area contributed by atoms with Gasteiger partial charge in [0.1, 0.15) is 5.75 Å². The molecule has 2 saturated heterocycles. The zero-order valence-electron chi connectivity index (χ0n) is 15.1. The molecule has 4 heteroatoms. The molecular formula is C22H24N2O2. The number of hydrogen-bond acceptors (Lipinski definition) is 4. The predicted octanol–water partition coefficient (Wildman–Crippen LogP) is 3.93. The zero-order valence-corrected chi connectivity index (χ0v) is 15.1. The summed E-state index contributed by atoms with van der Waals surface area (Å²) >= 11 is 0. The van der Waals surface area contributed by atoms with E-state index >= 15 is 0 Å². The van der Waals surface area contributed by atoms with Crippen LogP contribution in [0.1, 0.15) is 47.9 Å². The molecule has 2 aliphatic rings. The van der Waals surface area contributed by atoms with E-state index in [2.05, 4.69) is 41.7 Å². The smallest absolute Gasteiger partial charge is 0.122 e. The highest BCUT2D eigenvalue weighted by molar-refractivity contribution is 5.45. The van der Waals surface area contributed by atoms with Gasteiger partial charge in [-0.2, -0.15) is 5.26 Å². The summed E-state index contributed by atoms with van der Waals surface area (Å²) in [5, 5.41) is 13.0. The topological polar surface area (TPSA) is 54.3 Å². The Morgan fingerprint density at radius 1 is 1.23 bits per heavy atom. The van der Waals surface area contributed by atoms with E-state index in [1.807, 2.05) is 18.2 Å². The molecule has 0 unspecified atom stereocenters. The van der Waals surface area contributed by atoms with Crippen molar-refractivity contribution in [2.75, 3.05) is 20.3 Å². The summed E-state index contributed by atoms with van der Waals surface area (Å²) in [6.45, 7) is 1.68. The average Bonchev–Trinajstić information content (AvgIpc) is 3.12. The summed E-state index contributed by atoms with van der Waals surface area (Å²) in [6.07, 6.45) is 3.10. The van der Waals surface area contributed by atoms with Gasteiger partial charge in [-0.25, -0.2) is 0 Å². The van der Waals surface area contributed by atoms with Gasteiger partial charge in [-0.1, -0.05) is 30.3 Å². The fraction of sp³-hybridized carbons (Fsp3) is 0.409. The number of rotatable bonds is 3. The van der Waals surface area contributed by atoms with Crippen molar-refractivity contribution in [3.8, 4) is 11.8 Å². The van der Waals surface area contributed by atoms with E-state index in [1.54, 1.807) is 7.11 Å². The van der Waals surface area contributed by atoms with Crippen LogP contribution in [0.15, 0.2) is 48.5 Å². The number of nitrogens with one attached hydrogen (secondary N) is 1. The highest BCUT2D eigenvalue weighted by Gasteiger charge is 2.49. The average molecular weight is 348 g/mol. The molecule has 1 spiro atoms. The highest BCUT2D eigenvalue weighted by atomic mass is 16.5. The lowest BCUT2D eigenvalue weighted by Gasteiger charge is -2.41. The predicted molar refractivity (Wildman–Crippen MR) is 100 cm³/mol. The fourth-order valence-corrected chi connectivity index (χ4v) is 4.53. The maximum atomic E-state index is 9.27. The van der Waals surface area contributed by atoms with E-state index in [9.17, 15) is 5.26 Å². The van der Waals surface area contributed by atoms with Crippen LogP contribution in [0.5, 0.6) is 5.75 Å². The molecule has 1 N–H and O–H groups in total. The normalized spacial score (nSPS) is 28.0. The summed E-state index contributed by atoms with van der Waals surface area (Å²) in [4.78, 5) is 0. The largest absolute Gasteiger partial charge is 0.496 e. The van der Waals surface area contributed by atoms with Crippen LogP contribution in [0, 0.1) is 11.3 Å². The molecule has 4 rings (SSSR count). The Kier molecular flexibility index (Phi) is 4.67. The van der Waals surface area contributed by atoms with E-state index in [0.717, 1.165) is 37.1 Å². The second-order valence-electron chi connectivity index (χ2n) is 7.25. The van der Waals surface area contributed by atoms with Gasteiger partial charge in [0, 0.05) is 11.5 Å². The molecule has 0 aliphatic carbocycles. The lowest BCUT2D eigenvalue weighted by molar-refractivity contribution is -0.0484. The fourth-order valence-electron chi connectivity index (χ4n) is 4.53. The minimum atomic E-state index is -0.196. The van der Waals surface area contributed by atoms with Crippen LogP contribution < -0.4 is 10.1 Å². The molecule has 3 atom stereocenters. The van der Waals surface area contributed by atoms with Crippen molar-refractivity contribution in [1.29, 1.82) is 5.26 Å². The summed E-state index contributed by atoms with van der Waals surface area (Å²) in [6, 6.07) is 18.7. The Balaban J connectivity index is 1.65. The van der Waals surface area contributed by atoms with Gasteiger partial charge < -0.3 is 14.8 Å². The first-order chi connectivity index (χ1) is 12.8. The van der Waals surface area contributed by atoms with Crippen LogP contribution in [0.25, 0.3) is 0 Å². The second-order valence-corrected chi connectivity index (χ2v) is 7.25. The molecule has 0 amide bonds.